The van der Waals surface area contributed by atoms with Gasteiger partial charge in [-0.2, -0.15) is 0 Å². The number of piperidine rings is 1. The highest BCUT2D eigenvalue weighted by atomic mass is 19.2. The Labute approximate surface area is 151 Å². The molecule has 27 heavy (non-hydrogen) atoms. The summed E-state index contributed by atoms with van der Waals surface area (Å²) in [6.07, 6.45) is -1.85. The number of hydrogen-bond acceptors (Lipinski definition) is 3. The number of aliphatic carboxylic acids is 1. The predicted octanol–water partition coefficient (Wildman–Crippen LogP) is 3.74. The molecule has 0 radical (unpaired) electrons. The monoisotopic (exact) mass is 395 g/mol. The number of ether oxygens (including phenoxy) is 1. The van der Waals surface area contributed by atoms with Gasteiger partial charge >= 0.3 is 12.1 Å². The van der Waals surface area contributed by atoms with E-state index in [1.807, 2.05) is 0 Å². The van der Waals surface area contributed by atoms with Crippen LogP contribution >= 0.6 is 0 Å². The summed E-state index contributed by atoms with van der Waals surface area (Å²) in [5.41, 5.74) is -4.57. The summed E-state index contributed by atoms with van der Waals surface area (Å²) < 4.78 is 73.9. The number of rotatable bonds is 2. The highest BCUT2D eigenvalue weighted by Gasteiger charge is 2.49. The number of likely N-dealkylation sites (tertiary alicyclic amines) is 1. The van der Waals surface area contributed by atoms with Crippen LogP contribution in [0.2, 0.25) is 0 Å². The minimum absolute atomic E-state index is 0.291. The summed E-state index contributed by atoms with van der Waals surface area (Å²) in [4.78, 5) is 25.0. The average molecular weight is 395 g/mol. The fraction of sp³-hybridized carbons (Fsp3) is 0.529. The summed E-state index contributed by atoms with van der Waals surface area (Å²) >= 11 is 0. The van der Waals surface area contributed by atoms with Crippen molar-refractivity contribution in [2.45, 2.75) is 44.6 Å². The van der Waals surface area contributed by atoms with Gasteiger partial charge in [-0.3, -0.25) is 4.79 Å². The number of hydrogen-bond donors (Lipinski definition) is 1. The molecule has 1 aliphatic heterocycles. The molecule has 5 nitrogen and oxygen atoms in total. The molecule has 1 fully saturated rings. The SMILES string of the molecule is CC(C)(C)OC(=O)N1CCC(C(=O)O)(c2c(F)c(F)c(F)c(F)c2F)CC1. The van der Waals surface area contributed by atoms with Gasteiger partial charge in [0.2, 0.25) is 5.82 Å². The number of benzene rings is 1. The standard InChI is InChI=1S/C17H18F5NO4/c1-16(2,3)27-15(26)23-6-4-17(5-7-23,14(24)25)8-9(18)11(20)13(22)12(21)10(8)19/h4-7H2,1-3H3,(H,24,25). The number of amides is 1. The Morgan fingerprint density at radius 1 is 0.926 bits per heavy atom. The molecule has 1 heterocycles. The fourth-order valence-electron chi connectivity index (χ4n) is 2.99. The third-order valence-electron chi connectivity index (χ3n) is 4.37. The van der Waals surface area contributed by atoms with Gasteiger partial charge in [0.15, 0.2) is 23.3 Å². The van der Waals surface area contributed by atoms with Crippen LogP contribution in [0.5, 0.6) is 0 Å². The molecule has 1 aromatic carbocycles. The highest BCUT2D eigenvalue weighted by Crippen LogP contribution is 2.41. The van der Waals surface area contributed by atoms with Gasteiger partial charge in [-0.1, -0.05) is 0 Å². The van der Waals surface area contributed by atoms with E-state index < -0.39 is 70.6 Å². The predicted molar refractivity (Wildman–Crippen MR) is 82.6 cm³/mol. The van der Waals surface area contributed by atoms with Crippen LogP contribution in [0.1, 0.15) is 39.2 Å². The van der Waals surface area contributed by atoms with Gasteiger partial charge < -0.3 is 14.7 Å². The summed E-state index contributed by atoms with van der Waals surface area (Å²) in [6.45, 7) is 4.27. The Balaban J connectivity index is 2.41. The maximum atomic E-state index is 14.2. The lowest BCUT2D eigenvalue weighted by Crippen LogP contribution is -2.51. The lowest BCUT2D eigenvalue weighted by molar-refractivity contribution is -0.146. The first-order valence-corrected chi connectivity index (χ1v) is 8.05. The lowest BCUT2D eigenvalue weighted by atomic mass is 9.72. The molecule has 2 rings (SSSR count). The first kappa shape index (κ1) is 20.9. The summed E-state index contributed by atoms with van der Waals surface area (Å²) in [5, 5.41) is 9.55. The van der Waals surface area contributed by atoms with Gasteiger partial charge in [0.1, 0.15) is 11.0 Å². The molecule has 10 heteroatoms. The number of carboxylic acid groups (broad SMARTS) is 1. The molecule has 1 aromatic rings. The summed E-state index contributed by atoms with van der Waals surface area (Å²) in [6, 6.07) is 0. The van der Waals surface area contributed by atoms with Crippen LogP contribution in [0.25, 0.3) is 0 Å². The van der Waals surface area contributed by atoms with Crippen LogP contribution in [-0.4, -0.2) is 40.8 Å². The third-order valence-corrected chi connectivity index (χ3v) is 4.37. The maximum Gasteiger partial charge on any atom is 0.410 e. The zero-order valence-corrected chi connectivity index (χ0v) is 14.8. The van der Waals surface area contributed by atoms with Crippen molar-refractivity contribution in [3.63, 3.8) is 0 Å². The topological polar surface area (TPSA) is 66.8 Å². The van der Waals surface area contributed by atoms with Crippen LogP contribution in [0.3, 0.4) is 0 Å². The molecule has 1 N–H and O–H groups in total. The Morgan fingerprint density at radius 3 is 1.70 bits per heavy atom. The number of carboxylic acids is 1. The van der Waals surface area contributed by atoms with Crippen molar-refractivity contribution in [2.24, 2.45) is 0 Å². The van der Waals surface area contributed by atoms with Gasteiger partial charge in [-0.05, 0) is 33.6 Å². The van der Waals surface area contributed by atoms with Crippen molar-refractivity contribution in [1.82, 2.24) is 4.90 Å². The first-order valence-electron chi connectivity index (χ1n) is 8.05. The molecular formula is C17H18F5NO4. The van der Waals surface area contributed by atoms with Gasteiger partial charge in [-0.25, -0.2) is 26.7 Å². The zero-order valence-electron chi connectivity index (χ0n) is 14.8. The maximum absolute atomic E-state index is 14.2. The molecule has 0 saturated carbocycles. The van der Waals surface area contributed by atoms with Crippen molar-refractivity contribution in [1.29, 1.82) is 0 Å². The van der Waals surface area contributed by atoms with E-state index in [0.717, 1.165) is 4.90 Å². The molecule has 150 valence electrons. The van der Waals surface area contributed by atoms with Gasteiger partial charge in [0.05, 0.1) is 0 Å². The average Bonchev–Trinajstić information content (AvgIpc) is 2.57. The first-order chi connectivity index (χ1) is 12.3. The molecule has 0 unspecified atom stereocenters. The van der Waals surface area contributed by atoms with E-state index in [4.69, 9.17) is 4.74 Å². The minimum Gasteiger partial charge on any atom is -0.481 e. The summed E-state index contributed by atoms with van der Waals surface area (Å²) in [5.74, 6) is -12.9. The molecule has 0 aliphatic carbocycles. The lowest BCUT2D eigenvalue weighted by Gasteiger charge is -2.39. The van der Waals surface area contributed by atoms with E-state index in [9.17, 15) is 36.6 Å². The number of halogens is 5. The molecule has 0 aromatic heterocycles. The van der Waals surface area contributed by atoms with Crippen molar-refractivity contribution < 1.29 is 41.4 Å². The number of carbonyl (C=O) groups excluding carboxylic acids is 1. The Bertz CT molecular complexity index is 754. The second-order valence-electron chi connectivity index (χ2n) is 7.30. The van der Waals surface area contributed by atoms with E-state index >= 15 is 0 Å². The van der Waals surface area contributed by atoms with Gasteiger partial charge in [0, 0.05) is 18.7 Å². The molecule has 0 atom stereocenters. The van der Waals surface area contributed by atoms with Crippen LogP contribution in [0.15, 0.2) is 0 Å². The summed E-state index contributed by atoms with van der Waals surface area (Å²) in [7, 11) is 0. The van der Waals surface area contributed by atoms with Crippen LogP contribution < -0.4 is 0 Å². The highest BCUT2D eigenvalue weighted by molar-refractivity contribution is 5.82. The minimum atomic E-state index is -2.36. The van der Waals surface area contributed by atoms with Gasteiger partial charge in [0.25, 0.3) is 0 Å². The van der Waals surface area contributed by atoms with E-state index in [-0.39, 0.29) is 13.1 Å². The molecule has 1 amide bonds. The van der Waals surface area contributed by atoms with Crippen molar-refractivity contribution in [3.05, 3.63) is 34.6 Å². The van der Waals surface area contributed by atoms with Crippen molar-refractivity contribution in [3.8, 4) is 0 Å². The molecule has 1 saturated heterocycles. The molecule has 1 aliphatic rings. The Hall–Kier alpha value is -2.39. The fourth-order valence-corrected chi connectivity index (χ4v) is 2.99. The van der Waals surface area contributed by atoms with E-state index in [1.165, 1.54) is 0 Å². The van der Waals surface area contributed by atoms with Crippen molar-refractivity contribution in [2.75, 3.05) is 13.1 Å². The number of nitrogens with zero attached hydrogens (tertiary/aromatic N) is 1. The Morgan fingerprint density at radius 2 is 1.33 bits per heavy atom. The molecule has 0 spiro atoms. The second kappa shape index (κ2) is 6.97. The number of carbonyl (C=O) groups is 2. The van der Waals surface area contributed by atoms with Crippen LogP contribution in [-0.2, 0) is 14.9 Å². The third kappa shape index (κ3) is 3.70. The molecule has 0 bridgehead atoms. The van der Waals surface area contributed by atoms with Crippen molar-refractivity contribution >= 4 is 12.1 Å². The van der Waals surface area contributed by atoms with E-state index in [1.54, 1.807) is 20.8 Å². The van der Waals surface area contributed by atoms with E-state index in [0.29, 0.717) is 0 Å². The van der Waals surface area contributed by atoms with Gasteiger partial charge in [-0.15, -0.1) is 0 Å². The van der Waals surface area contributed by atoms with E-state index in [2.05, 4.69) is 0 Å². The van der Waals surface area contributed by atoms with Crippen LogP contribution in [0, 0.1) is 29.1 Å². The molecular weight excluding hydrogens is 377 g/mol. The zero-order chi connectivity index (χ0) is 20.7. The quantitative estimate of drug-likeness (QED) is 0.471. The normalized spacial score (nSPS) is 17.0. The van der Waals surface area contributed by atoms with Crippen LogP contribution in [0.4, 0.5) is 26.7 Å². The second-order valence-corrected chi connectivity index (χ2v) is 7.30. The smallest absolute Gasteiger partial charge is 0.410 e. The largest absolute Gasteiger partial charge is 0.481 e. The Kier molecular flexibility index (Phi) is 5.40.